The van der Waals surface area contributed by atoms with Gasteiger partial charge in [-0.15, -0.1) is 0 Å². The van der Waals surface area contributed by atoms with Crippen LogP contribution in [-0.4, -0.2) is 48.7 Å². The number of hydrogen-bond acceptors (Lipinski definition) is 5. The summed E-state index contributed by atoms with van der Waals surface area (Å²) in [7, 11) is 0. The van der Waals surface area contributed by atoms with Crippen molar-refractivity contribution in [2.45, 2.75) is 130 Å². The van der Waals surface area contributed by atoms with Gasteiger partial charge in [-0.25, -0.2) is 4.79 Å². The fraction of sp³-hybridized carbons (Fsp3) is 0.553. The normalized spacial score (nSPS) is 19.2. The Balaban J connectivity index is 2.51. The largest absolute Gasteiger partial charge is 0.463 e. The summed E-state index contributed by atoms with van der Waals surface area (Å²) in [4.78, 5) is 37.6. The average molecular weight is 623 g/mol. The maximum atomic E-state index is 12.9. The van der Waals surface area contributed by atoms with Crippen molar-refractivity contribution in [3.8, 4) is 0 Å². The molecule has 2 N–H and O–H groups in total. The van der Waals surface area contributed by atoms with Crippen molar-refractivity contribution in [1.29, 1.82) is 0 Å². The summed E-state index contributed by atoms with van der Waals surface area (Å²) < 4.78 is 11.5. The van der Waals surface area contributed by atoms with E-state index in [4.69, 9.17) is 9.47 Å². The number of esters is 1. The predicted molar refractivity (Wildman–Crippen MR) is 186 cm³/mol. The number of amides is 2. The monoisotopic (exact) mass is 622 g/mol. The fourth-order valence-electron chi connectivity index (χ4n) is 4.86. The number of rotatable bonds is 22. The molecular formula is C38H58N2O5. The minimum atomic E-state index is -0.555. The maximum Gasteiger partial charge on any atom is 0.333 e. The van der Waals surface area contributed by atoms with E-state index >= 15 is 0 Å². The predicted octanol–water partition coefficient (Wildman–Crippen LogP) is 7.92. The Morgan fingerprint density at radius 2 is 1.29 bits per heavy atom. The quantitative estimate of drug-likeness (QED) is 0.0945. The molecular weight excluding hydrogens is 564 g/mol. The highest BCUT2D eigenvalue weighted by Crippen LogP contribution is 2.25. The third-order valence-electron chi connectivity index (χ3n) is 7.24. The molecule has 0 bridgehead atoms. The van der Waals surface area contributed by atoms with E-state index < -0.39 is 24.2 Å². The highest BCUT2D eigenvalue weighted by Gasteiger charge is 2.38. The van der Waals surface area contributed by atoms with Crippen molar-refractivity contribution in [1.82, 2.24) is 10.6 Å². The van der Waals surface area contributed by atoms with E-state index in [9.17, 15) is 14.4 Å². The van der Waals surface area contributed by atoms with Crippen molar-refractivity contribution < 1.29 is 23.9 Å². The zero-order valence-electron chi connectivity index (χ0n) is 28.3. The van der Waals surface area contributed by atoms with Crippen molar-refractivity contribution in [3.63, 3.8) is 0 Å². The van der Waals surface area contributed by atoms with Crippen molar-refractivity contribution in [2.75, 3.05) is 6.61 Å². The molecule has 0 radical (unpaired) electrons. The number of nitrogens with one attached hydrogen (secondary N) is 2. The zero-order valence-corrected chi connectivity index (χ0v) is 28.3. The van der Waals surface area contributed by atoms with Crippen LogP contribution in [0.3, 0.4) is 0 Å². The van der Waals surface area contributed by atoms with Crippen LogP contribution >= 0.6 is 0 Å². The van der Waals surface area contributed by atoms with Gasteiger partial charge < -0.3 is 20.1 Å². The van der Waals surface area contributed by atoms with Crippen LogP contribution in [0.2, 0.25) is 0 Å². The van der Waals surface area contributed by atoms with Gasteiger partial charge in [-0.2, -0.15) is 0 Å². The molecule has 3 atom stereocenters. The van der Waals surface area contributed by atoms with Crippen LogP contribution in [0.4, 0.5) is 0 Å². The van der Waals surface area contributed by atoms with Crippen LogP contribution in [0.1, 0.15) is 105 Å². The van der Waals surface area contributed by atoms with Crippen LogP contribution in [0.25, 0.3) is 0 Å². The Morgan fingerprint density at radius 1 is 0.778 bits per heavy atom. The van der Waals surface area contributed by atoms with Crippen LogP contribution in [0.15, 0.2) is 84.6 Å². The van der Waals surface area contributed by atoms with Gasteiger partial charge in [0.25, 0.3) is 0 Å². The van der Waals surface area contributed by atoms with Gasteiger partial charge in [0.1, 0.15) is 0 Å². The second kappa shape index (κ2) is 25.8. The lowest BCUT2D eigenvalue weighted by atomic mass is 9.87. The molecule has 7 nitrogen and oxygen atoms in total. The first-order valence-electron chi connectivity index (χ1n) is 16.9. The van der Waals surface area contributed by atoms with Crippen LogP contribution in [0, 0.1) is 0 Å². The molecule has 250 valence electrons. The van der Waals surface area contributed by atoms with Crippen LogP contribution in [0.5, 0.6) is 0 Å². The van der Waals surface area contributed by atoms with Gasteiger partial charge in [-0.1, -0.05) is 93.7 Å². The SMILES string of the molecule is CC/C=C\C/C=C\C/C=C\C/C=C\C/C=C\C/C=C\CCC(=O)N[C@H]1CC(C(=O)OCC)=C[C@@H](OC(CC)CC)[C@@H]1NC(C)=O. The lowest BCUT2D eigenvalue weighted by molar-refractivity contribution is -0.139. The fourth-order valence-corrected chi connectivity index (χ4v) is 4.86. The lowest BCUT2D eigenvalue weighted by Gasteiger charge is -2.38. The van der Waals surface area contributed by atoms with E-state index in [2.05, 4.69) is 84.4 Å². The summed E-state index contributed by atoms with van der Waals surface area (Å²) in [6.07, 6.45) is 35.5. The smallest absolute Gasteiger partial charge is 0.333 e. The van der Waals surface area contributed by atoms with E-state index in [1.165, 1.54) is 6.92 Å². The van der Waals surface area contributed by atoms with Gasteiger partial charge in [0.15, 0.2) is 0 Å². The Morgan fingerprint density at radius 3 is 1.76 bits per heavy atom. The van der Waals surface area contributed by atoms with Gasteiger partial charge >= 0.3 is 5.97 Å². The molecule has 2 amide bonds. The number of allylic oxidation sites excluding steroid dienone is 12. The molecule has 0 heterocycles. The Bertz CT molecular complexity index is 1060. The molecule has 0 spiro atoms. The van der Waals surface area contributed by atoms with Gasteiger partial charge in [0.2, 0.25) is 11.8 Å². The van der Waals surface area contributed by atoms with E-state index in [1.54, 1.807) is 13.0 Å². The Hall–Kier alpha value is -3.45. The van der Waals surface area contributed by atoms with Gasteiger partial charge in [-0.3, -0.25) is 9.59 Å². The topological polar surface area (TPSA) is 93.7 Å². The summed E-state index contributed by atoms with van der Waals surface area (Å²) in [5.74, 6) is -0.779. The van der Waals surface area contributed by atoms with Crippen molar-refractivity contribution in [3.05, 3.63) is 84.6 Å². The first kappa shape index (κ1) is 39.6. The second-order valence-electron chi connectivity index (χ2n) is 11.0. The molecule has 0 fully saturated rings. The molecule has 1 rings (SSSR count). The number of carbonyl (C=O) groups excluding carboxylic acids is 3. The zero-order chi connectivity index (χ0) is 33.1. The summed E-state index contributed by atoms with van der Waals surface area (Å²) in [5.41, 5.74) is 0.455. The Kier molecular flexibility index (Phi) is 22.7. The molecule has 7 heteroatoms. The summed E-state index contributed by atoms with van der Waals surface area (Å²) in [5, 5.41) is 6.00. The summed E-state index contributed by atoms with van der Waals surface area (Å²) in [6.45, 7) is 9.68. The van der Waals surface area contributed by atoms with E-state index in [0.29, 0.717) is 18.4 Å². The summed E-state index contributed by atoms with van der Waals surface area (Å²) in [6, 6.07) is -0.980. The average Bonchev–Trinajstić information content (AvgIpc) is 3.02. The maximum absolute atomic E-state index is 12.9. The molecule has 1 aliphatic carbocycles. The van der Waals surface area contributed by atoms with E-state index in [0.717, 1.165) is 51.4 Å². The molecule has 1 aliphatic rings. The number of ether oxygens (including phenoxy) is 2. The van der Waals surface area contributed by atoms with Gasteiger partial charge in [0.05, 0.1) is 30.9 Å². The third kappa shape index (κ3) is 18.8. The van der Waals surface area contributed by atoms with Crippen LogP contribution in [-0.2, 0) is 23.9 Å². The molecule has 0 saturated carbocycles. The molecule has 45 heavy (non-hydrogen) atoms. The van der Waals surface area contributed by atoms with E-state index in [-0.39, 0.29) is 30.9 Å². The lowest BCUT2D eigenvalue weighted by Crippen LogP contribution is -2.59. The van der Waals surface area contributed by atoms with Gasteiger partial charge in [-0.05, 0) is 70.8 Å². The highest BCUT2D eigenvalue weighted by atomic mass is 16.5. The first-order chi connectivity index (χ1) is 21.9. The first-order valence-corrected chi connectivity index (χ1v) is 16.9. The second-order valence-corrected chi connectivity index (χ2v) is 11.0. The van der Waals surface area contributed by atoms with Crippen molar-refractivity contribution in [2.24, 2.45) is 0 Å². The minimum absolute atomic E-state index is 0.0338. The van der Waals surface area contributed by atoms with Crippen LogP contribution < -0.4 is 10.6 Å². The number of hydrogen-bond donors (Lipinski definition) is 2. The molecule has 0 aromatic heterocycles. The highest BCUT2D eigenvalue weighted by molar-refractivity contribution is 5.89. The summed E-state index contributed by atoms with van der Waals surface area (Å²) >= 11 is 0. The van der Waals surface area contributed by atoms with E-state index in [1.807, 2.05) is 19.9 Å². The number of carbonyl (C=O) groups is 3. The molecule has 0 aromatic carbocycles. The molecule has 0 saturated heterocycles. The van der Waals surface area contributed by atoms with Crippen molar-refractivity contribution >= 4 is 17.8 Å². The molecule has 0 aliphatic heterocycles. The Labute approximate surface area is 272 Å². The molecule has 0 aromatic rings. The molecule has 0 unspecified atom stereocenters. The standard InChI is InChI=1S/C38H58N2O5/c1-6-10-11-12-13-14-15-16-17-18-19-20-21-22-23-24-25-26-27-28-36(42)40-34-29-32(38(43)44-9-4)30-35(37(34)39-31(5)41)45-33(7-2)8-3/h10-11,13-14,16-17,19-20,22-23,25-26,30,33-35,37H,6-9,12,15,18,21,24,27-29H2,1-5H3,(H,39,41)(H,40,42)/b11-10-,14-13-,17-16-,20-19-,23-22-,26-25-/t34-,35+,37+/m0/s1. The van der Waals surface area contributed by atoms with Gasteiger partial charge in [0, 0.05) is 25.3 Å². The minimum Gasteiger partial charge on any atom is -0.463 e. The third-order valence-corrected chi connectivity index (χ3v) is 7.24.